The second-order valence-electron chi connectivity index (χ2n) is 11.9. The summed E-state index contributed by atoms with van der Waals surface area (Å²) in [6.07, 6.45) is -10.5. The minimum atomic E-state index is -4.35. The van der Waals surface area contributed by atoms with Crippen LogP contribution in [0.3, 0.4) is 0 Å². The maximum Gasteiger partial charge on any atom is 3.00 e. The van der Waals surface area contributed by atoms with Gasteiger partial charge in [0.25, 0.3) is 0 Å². The van der Waals surface area contributed by atoms with E-state index in [1.165, 1.54) is 52.2 Å². The quantitative estimate of drug-likeness (QED) is 0.131. The fourth-order valence-electron chi connectivity index (χ4n) is 5.19. The van der Waals surface area contributed by atoms with E-state index < -0.39 is 35.2 Å². The molecule has 6 aromatic heterocycles. The fraction of sp³-hybridized carbons (Fsp3) is 0.0714. The average Bonchev–Trinajstić information content (AvgIpc) is 3.95. The second kappa shape index (κ2) is 17.5. The molecule has 0 aliphatic heterocycles. The Bertz CT molecular complexity index is 2350. The molecule has 0 bridgehead atoms. The monoisotopic (exact) mass is 1030 g/mol. The zero-order valence-corrected chi connectivity index (χ0v) is 33.8. The van der Waals surface area contributed by atoms with Crippen molar-refractivity contribution in [3.63, 3.8) is 0 Å². The number of fused-ring (bicyclic) bond motifs is 3. The topological polar surface area (TPSA) is 38.7 Å². The minimum absolute atomic E-state index is 0. The summed E-state index contributed by atoms with van der Waals surface area (Å²) in [5, 5.41) is 2.84. The Morgan fingerprint density at radius 1 is 0.362 bits per heavy atom. The number of hydrogen-bond acceptors (Lipinski definition) is 6. The van der Waals surface area contributed by atoms with Crippen LogP contribution in [-0.4, -0.2) is 15.0 Å². The van der Waals surface area contributed by atoms with E-state index in [0.717, 1.165) is 81.7 Å². The summed E-state index contributed by atoms with van der Waals surface area (Å²) in [7, 11) is 0. The molecule has 0 amide bonds. The Kier molecular flexibility index (Phi) is 12.8. The summed E-state index contributed by atoms with van der Waals surface area (Å²) >= 11 is 4.39. The molecule has 0 N–H and O–H groups in total. The number of rotatable bonds is 3. The summed E-state index contributed by atoms with van der Waals surface area (Å²) < 4.78 is 115. The number of benzene rings is 3. The maximum absolute atomic E-state index is 12.4. The van der Waals surface area contributed by atoms with Crippen molar-refractivity contribution in [1.82, 2.24) is 15.0 Å². The van der Waals surface area contributed by atoms with E-state index in [2.05, 4.69) is 33.2 Å². The molecule has 0 aliphatic carbocycles. The minimum Gasteiger partial charge on any atom is -0.303 e. The van der Waals surface area contributed by atoms with Gasteiger partial charge >= 0.3 is 38.6 Å². The molecular weight excluding hydrogens is 1010 g/mol. The summed E-state index contributed by atoms with van der Waals surface area (Å²) in [6, 6.07) is 39.7. The van der Waals surface area contributed by atoms with Crippen LogP contribution in [0.1, 0.15) is 16.7 Å². The van der Waals surface area contributed by atoms with Gasteiger partial charge in [0.1, 0.15) is 0 Å². The Morgan fingerprint density at radius 2 is 0.621 bits per heavy atom. The van der Waals surface area contributed by atoms with Crippen molar-refractivity contribution < 1.29 is 59.6 Å². The number of pyridine rings is 3. The molecule has 0 radical (unpaired) electrons. The molecule has 0 spiro atoms. The molecule has 9 aromatic rings. The van der Waals surface area contributed by atoms with E-state index in [-0.39, 0.29) is 20.1 Å². The van der Waals surface area contributed by atoms with Gasteiger partial charge in [-0.05, 0) is 28.7 Å². The van der Waals surface area contributed by atoms with Crippen LogP contribution < -0.4 is 0 Å². The Hall–Kier alpha value is -4.99. The summed E-state index contributed by atoms with van der Waals surface area (Å²) in [5.41, 5.74) is -0.690. The van der Waals surface area contributed by atoms with Crippen molar-refractivity contribution in [3.8, 4) is 31.7 Å². The SMILES string of the molecule is FC(F)(F)c1ccc(-c2[c-]c3ccccc3s2)nc1.FC(F)(F)c1ccc(-c2[c-]c3ccccc3s2)nc1.FC(F)(F)c1ccc(-c2[c-]c3ccccc3s2)nc1.[Ir+3]. The Balaban J connectivity index is 0.000000145. The van der Waals surface area contributed by atoms with Crippen LogP contribution in [0.5, 0.6) is 0 Å². The average molecular weight is 1030 g/mol. The maximum atomic E-state index is 12.4. The molecular formula is C42H21F9IrN3S3. The van der Waals surface area contributed by atoms with Crippen LogP contribution in [-0.2, 0) is 38.6 Å². The van der Waals surface area contributed by atoms with Crippen molar-refractivity contribution in [1.29, 1.82) is 0 Å². The molecule has 58 heavy (non-hydrogen) atoms. The van der Waals surface area contributed by atoms with E-state index in [1.54, 1.807) is 0 Å². The number of aromatic nitrogens is 3. The molecule has 0 saturated heterocycles. The van der Waals surface area contributed by atoms with Crippen molar-refractivity contribution in [3.05, 3.63) is 163 Å². The first-order chi connectivity index (χ1) is 27.1. The zero-order valence-electron chi connectivity index (χ0n) is 28.9. The third-order valence-corrected chi connectivity index (χ3v) is 11.3. The summed E-state index contributed by atoms with van der Waals surface area (Å²) in [4.78, 5) is 13.8. The normalized spacial score (nSPS) is 11.7. The largest absolute Gasteiger partial charge is 3.00 e. The number of alkyl halides is 9. The van der Waals surface area contributed by atoms with Crippen LogP contribution in [0.4, 0.5) is 39.5 Å². The molecule has 3 aromatic carbocycles. The van der Waals surface area contributed by atoms with Crippen LogP contribution in [0.2, 0.25) is 0 Å². The Labute approximate surface area is 349 Å². The second-order valence-corrected chi connectivity index (χ2v) is 15.1. The predicted molar refractivity (Wildman–Crippen MR) is 207 cm³/mol. The zero-order chi connectivity index (χ0) is 40.4. The van der Waals surface area contributed by atoms with Gasteiger partial charge in [0.05, 0.1) is 16.7 Å². The third kappa shape index (κ3) is 10.2. The molecule has 9 rings (SSSR count). The van der Waals surface area contributed by atoms with E-state index in [4.69, 9.17) is 0 Å². The number of hydrogen-bond donors (Lipinski definition) is 0. The van der Waals surface area contributed by atoms with Gasteiger partial charge in [0.15, 0.2) is 0 Å². The fourth-order valence-corrected chi connectivity index (χ4v) is 8.13. The van der Waals surface area contributed by atoms with Gasteiger partial charge < -0.3 is 15.0 Å². The van der Waals surface area contributed by atoms with Gasteiger partial charge in [-0.2, -0.15) is 39.5 Å². The van der Waals surface area contributed by atoms with Crippen molar-refractivity contribution in [2.75, 3.05) is 0 Å². The third-order valence-electron chi connectivity index (χ3n) is 8.01. The molecule has 6 heterocycles. The van der Waals surface area contributed by atoms with Crippen LogP contribution in [0.15, 0.2) is 128 Å². The van der Waals surface area contributed by atoms with E-state index in [9.17, 15) is 39.5 Å². The van der Waals surface area contributed by atoms with Gasteiger partial charge in [-0.15, -0.1) is 70.8 Å². The summed E-state index contributed by atoms with van der Waals surface area (Å²) in [5.74, 6) is 0. The first-order valence-electron chi connectivity index (χ1n) is 16.5. The van der Waals surface area contributed by atoms with E-state index in [1.807, 2.05) is 72.8 Å². The van der Waals surface area contributed by atoms with Crippen molar-refractivity contribution >= 4 is 64.3 Å². The first-order valence-corrected chi connectivity index (χ1v) is 18.9. The van der Waals surface area contributed by atoms with Crippen molar-refractivity contribution in [2.45, 2.75) is 18.5 Å². The number of nitrogens with zero attached hydrogens (tertiary/aromatic N) is 3. The van der Waals surface area contributed by atoms with Gasteiger partial charge in [-0.1, -0.05) is 72.8 Å². The molecule has 0 aliphatic rings. The molecule has 16 heteroatoms. The van der Waals surface area contributed by atoms with E-state index in [0.29, 0.717) is 17.1 Å². The van der Waals surface area contributed by atoms with Gasteiger partial charge in [0, 0.05) is 35.7 Å². The molecule has 0 fully saturated rings. The van der Waals surface area contributed by atoms with Gasteiger partial charge in [-0.25, -0.2) is 34.0 Å². The summed E-state index contributed by atoms with van der Waals surface area (Å²) in [6.45, 7) is 0. The molecule has 294 valence electrons. The first kappa shape index (κ1) is 42.6. The van der Waals surface area contributed by atoms with Crippen LogP contribution in [0.25, 0.3) is 62.0 Å². The number of thiophene rings is 3. The molecule has 0 unspecified atom stereocenters. The van der Waals surface area contributed by atoms with E-state index >= 15 is 0 Å². The smallest absolute Gasteiger partial charge is 0.303 e. The van der Waals surface area contributed by atoms with Crippen LogP contribution in [0, 0.1) is 18.2 Å². The van der Waals surface area contributed by atoms with Crippen molar-refractivity contribution in [2.24, 2.45) is 0 Å². The standard InChI is InChI=1S/3C14H7F3NS.Ir/c3*15-14(16,17)10-5-6-11(18-8-10)13-7-9-3-1-2-4-12(9)19-13;/h3*1-6,8H;/q3*-1;+3. The van der Waals surface area contributed by atoms with Gasteiger partial charge in [-0.3, -0.25) is 0 Å². The Morgan fingerprint density at radius 3 is 0.828 bits per heavy atom. The molecule has 0 atom stereocenters. The molecule has 0 saturated carbocycles. The molecule has 3 nitrogen and oxygen atoms in total. The van der Waals surface area contributed by atoms with Crippen LogP contribution >= 0.6 is 34.0 Å². The van der Waals surface area contributed by atoms with Gasteiger partial charge in [0.2, 0.25) is 0 Å². The predicted octanol–water partition coefficient (Wildman–Crippen LogP) is 14.3. The number of halogens is 9.